The SMILES string of the molecule is CC(=O)O.CCOCN. The highest BCUT2D eigenvalue weighted by molar-refractivity contribution is 5.62. The van der Waals surface area contributed by atoms with Gasteiger partial charge in [-0.2, -0.15) is 0 Å². The maximum absolute atomic E-state index is 9.00. The van der Waals surface area contributed by atoms with Crippen LogP contribution in [0.1, 0.15) is 13.8 Å². The van der Waals surface area contributed by atoms with E-state index in [1.165, 1.54) is 0 Å². The van der Waals surface area contributed by atoms with Crippen molar-refractivity contribution < 1.29 is 14.6 Å². The van der Waals surface area contributed by atoms with Crippen LogP contribution in [-0.2, 0) is 9.53 Å². The quantitative estimate of drug-likeness (QED) is 0.524. The minimum Gasteiger partial charge on any atom is -0.481 e. The molecule has 0 unspecified atom stereocenters. The first kappa shape index (κ1) is 11.2. The summed E-state index contributed by atoms with van der Waals surface area (Å²) in [5.41, 5.74) is 4.92. The first-order valence-corrected chi connectivity index (χ1v) is 2.62. The molecule has 4 heteroatoms. The minimum absolute atomic E-state index is 0.344. The first-order chi connectivity index (χ1) is 4.15. The lowest BCUT2D eigenvalue weighted by Gasteiger charge is -1.86. The minimum atomic E-state index is -0.833. The number of hydrogen-bond donors (Lipinski definition) is 2. The molecule has 0 aliphatic carbocycles. The number of aliphatic carboxylic acids is 1. The van der Waals surface area contributed by atoms with E-state index in [9.17, 15) is 0 Å². The van der Waals surface area contributed by atoms with Crippen molar-refractivity contribution in [3.8, 4) is 0 Å². The molecule has 0 heterocycles. The van der Waals surface area contributed by atoms with Gasteiger partial charge in [0, 0.05) is 13.5 Å². The second kappa shape index (κ2) is 10.4. The Morgan fingerprint density at radius 3 is 2.11 bits per heavy atom. The molecule has 0 fully saturated rings. The fourth-order valence-corrected chi connectivity index (χ4v) is 0.118. The Morgan fingerprint density at radius 1 is 1.78 bits per heavy atom. The number of hydrogen-bond acceptors (Lipinski definition) is 3. The van der Waals surface area contributed by atoms with Crippen LogP contribution in [0.2, 0.25) is 0 Å². The van der Waals surface area contributed by atoms with E-state index in [2.05, 4.69) is 4.74 Å². The molecule has 3 N–H and O–H groups in total. The van der Waals surface area contributed by atoms with E-state index in [0.717, 1.165) is 13.5 Å². The van der Waals surface area contributed by atoms with Crippen molar-refractivity contribution in [3.05, 3.63) is 0 Å². The van der Waals surface area contributed by atoms with Gasteiger partial charge in [0.25, 0.3) is 5.97 Å². The standard InChI is InChI=1S/C3H9NO.C2H4O2/c1-2-5-3-4;1-2(3)4/h2-4H2,1H3;1H3,(H,3,4). The largest absolute Gasteiger partial charge is 0.481 e. The van der Waals surface area contributed by atoms with Crippen LogP contribution in [0.5, 0.6) is 0 Å². The van der Waals surface area contributed by atoms with Crippen molar-refractivity contribution in [2.45, 2.75) is 13.8 Å². The van der Waals surface area contributed by atoms with E-state index in [1.54, 1.807) is 0 Å². The van der Waals surface area contributed by atoms with Gasteiger partial charge in [0.1, 0.15) is 0 Å². The average molecular weight is 135 g/mol. The van der Waals surface area contributed by atoms with Gasteiger partial charge in [-0.3, -0.25) is 4.79 Å². The van der Waals surface area contributed by atoms with E-state index in [-0.39, 0.29) is 0 Å². The Labute approximate surface area is 54.6 Å². The molecule has 0 saturated heterocycles. The highest BCUT2D eigenvalue weighted by Crippen LogP contribution is 1.58. The van der Waals surface area contributed by atoms with Gasteiger partial charge < -0.3 is 15.6 Å². The summed E-state index contributed by atoms with van der Waals surface area (Å²) in [5, 5.41) is 7.42. The third-order valence-electron chi connectivity index (χ3n) is 0.322. The van der Waals surface area contributed by atoms with Crippen LogP contribution in [0.4, 0.5) is 0 Å². The molecule has 0 rings (SSSR count). The molecule has 0 bridgehead atoms. The van der Waals surface area contributed by atoms with Crippen molar-refractivity contribution >= 4 is 5.97 Å². The maximum Gasteiger partial charge on any atom is 0.300 e. The predicted molar refractivity (Wildman–Crippen MR) is 34.0 cm³/mol. The van der Waals surface area contributed by atoms with Gasteiger partial charge in [-0.05, 0) is 6.92 Å². The van der Waals surface area contributed by atoms with E-state index in [1.807, 2.05) is 6.92 Å². The highest BCUT2D eigenvalue weighted by Gasteiger charge is 1.65. The molecule has 0 amide bonds. The fourth-order valence-electron chi connectivity index (χ4n) is 0.118. The molecule has 0 aromatic rings. The third-order valence-corrected chi connectivity index (χ3v) is 0.322. The molecule has 0 saturated carbocycles. The molecule has 4 nitrogen and oxygen atoms in total. The molecule has 0 spiro atoms. The summed E-state index contributed by atoms with van der Waals surface area (Å²) >= 11 is 0. The second-order valence-electron chi connectivity index (χ2n) is 1.18. The van der Waals surface area contributed by atoms with Crippen LogP contribution in [-0.4, -0.2) is 24.4 Å². The molecular weight excluding hydrogens is 122 g/mol. The van der Waals surface area contributed by atoms with E-state index < -0.39 is 5.97 Å². The molecule has 0 aliphatic heterocycles. The molecule has 0 aromatic heterocycles. The van der Waals surface area contributed by atoms with Gasteiger partial charge in [-0.25, -0.2) is 0 Å². The van der Waals surface area contributed by atoms with Crippen LogP contribution >= 0.6 is 0 Å². The normalized spacial score (nSPS) is 7.44. The Hall–Kier alpha value is -0.610. The zero-order chi connectivity index (χ0) is 7.70. The number of rotatable bonds is 2. The van der Waals surface area contributed by atoms with Gasteiger partial charge in [-0.1, -0.05) is 0 Å². The summed E-state index contributed by atoms with van der Waals surface area (Å²) in [6.07, 6.45) is 0. The topological polar surface area (TPSA) is 72.5 Å². The molecule has 0 atom stereocenters. The number of ether oxygens (including phenoxy) is 1. The van der Waals surface area contributed by atoms with E-state index >= 15 is 0 Å². The monoisotopic (exact) mass is 135 g/mol. The number of nitrogens with two attached hydrogens (primary N) is 1. The highest BCUT2D eigenvalue weighted by atomic mass is 16.5. The number of carboxylic acid groups (broad SMARTS) is 1. The lowest BCUT2D eigenvalue weighted by atomic mass is 10.9. The van der Waals surface area contributed by atoms with Gasteiger partial charge in [0.2, 0.25) is 0 Å². The Kier molecular flexibility index (Phi) is 13.0. The maximum atomic E-state index is 9.00. The van der Waals surface area contributed by atoms with E-state index in [0.29, 0.717) is 6.73 Å². The van der Waals surface area contributed by atoms with Gasteiger partial charge in [-0.15, -0.1) is 0 Å². The van der Waals surface area contributed by atoms with Crippen LogP contribution in [0.3, 0.4) is 0 Å². The van der Waals surface area contributed by atoms with Crippen LogP contribution in [0.25, 0.3) is 0 Å². The van der Waals surface area contributed by atoms with Crippen molar-refractivity contribution in [1.82, 2.24) is 0 Å². The third kappa shape index (κ3) is 111. The molecule has 0 radical (unpaired) electrons. The summed E-state index contributed by atoms with van der Waals surface area (Å²) in [4.78, 5) is 9.00. The van der Waals surface area contributed by atoms with Crippen molar-refractivity contribution in [3.63, 3.8) is 0 Å². The molecular formula is C5H13NO3. The Morgan fingerprint density at radius 2 is 2.11 bits per heavy atom. The summed E-state index contributed by atoms with van der Waals surface area (Å²) in [6.45, 7) is 4.06. The predicted octanol–water partition coefficient (Wildman–Crippen LogP) is 0.0300. The summed E-state index contributed by atoms with van der Waals surface area (Å²) < 4.78 is 4.61. The summed E-state index contributed by atoms with van der Waals surface area (Å²) in [6, 6.07) is 0. The van der Waals surface area contributed by atoms with Gasteiger partial charge >= 0.3 is 0 Å². The van der Waals surface area contributed by atoms with Crippen molar-refractivity contribution in [2.75, 3.05) is 13.3 Å². The van der Waals surface area contributed by atoms with Crippen LogP contribution in [0.15, 0.2) is 0 Å². The molecule has 0 aliphatic rings. The Balaban J connectivity index is 0. The smallest absolute Gasteiger partial charge is 0.300 e. The van der Waals surface area contributed by atoms with Crippen LogP contribution < -0.4 is 5.73 Å². The average Bonchev–Trinajstić information content (AvgIpc) is 1.66. The fraction of sp³-hybridized carbons (Fsp3) is 0.800. The summed E-state index contributed by atoms with van der Waals surface area (Å²) in [5.74, 6) is -0.833. The van der Waals surface area contributed by atoms with E-state index in [4.69, 9.17) is 15.6 Å². The van der Waals surface area contributed by atoms with Crippen LogP contribution in [0, 0.1) is 0 Å². The first-order valence-electron chi connectivity index (χ1n) is 2.62. The number of carbonyl (C=O) groups is 1. The Bertz CT molecular complexity index is 59.2. The molecule has 9 heavy (non-hydrogen) atoms. The lowest BCUT2D eigenvalue weighted by molar-refractivity contribution is -0.134. The zero-order valence-corrected chi connectivity index (χ0v) is 5.76. The molecule has 0 aromatic carbocycles. The zero-order valence-electron chi connectivity index (χ0n) is 5.76. The van der Waals surface area contributed by atoms with Gasteiger partial charge in [0.05, 0.1) is 6.73 Å². The van der Waals surface area contributed by atoms with Crippen molar-refractivity contribution in [2.24, 2.45) is 5.73 Å². The second-order valence-corrected chi connectivity index (χ2v) is 1.18. The molecule has 56 valence electrons. The number of carboxylic acids is 1. The lowest BCUT2D eigenvalue weighted by Crippen LogP contribution is -2.02. The van der Waals surface area contributed by atoms with Gasteiger partial charge in [0.15, 0.2) is 0 Å². The summed E-state index contributed by atoms with van der Waals surface area (Å²) in [7, 11) is 0. The van der Waals surface area contributed by atoms with Crippen molar-refractivity contribution in [1.29, 1.82) is 0 Å².